The Labute approximate surface area is 78.6 Å². The number of aromatic nitrogens is 2. The minimum atomic E-state index is 0.456. The standard InChI is InChI=1S/C6H9BrClN3/c7-1-2-11-5(4-8)3-6(9)10-11/h3H,1-2,4H2,(H2,9,10). The fourth-order valence-corrected chi connectivity index (χ4v) is 1.41. The van der Waals surface area contributed by atoms with Gasteiger partial charge in [0.2, 0.25) is 0 Å². The summed E-state index contributed by atoms with van der Waals surface area (Å²) in [7, 11) is 0. The van der Waals surface area contributed by atoms with Crippen molar-refractivity contribution in [1.82, 2.24) is 9.78 Å². The number of halogens is 2. The molecule has 0 bridgehead atoms. The second kappa shape index (κ2) is 3.97. The fourth-order valence-electron chi connectivity index (χ4n) is 0.859. The molecule has 0 aliphatic carbocycles. The van der Waals surface area contributed by atoms with Gasteiger partial charge in [0.05, 0.1) is 18.1 Å². The molecule has 0 fully saturated rings. The second-order valence-electron chi connectivity index (χ2n) is 2.11. The average Bonchev–Trinajstić information content (AvgIpc) is 2.32. The molecule has 11 heavy (non-hydrogen) atoms. The van der Waals surface area contributed by atoms with Crippen LogP contribution in [0.4, 0.5) is 5.82 Å². The van der Waals surface area contributed by atoms with Gasteiger partial charge in [-0.3, -0.25) is 4.68 Å². The van der Waals surface area contributed by atoms with E-state index in [2.05, 4.69) is 21.0 Å². The summed E-state index contributed by atoms with van der Waals surface area (Å²) in [5.41, 5.74) is 6.44. The zero-order valence-corrected chi connectivity index (χ0v) is 8.27. The first-order valence-corrected chi connectivity index (χ1v) is 4.87. The number of hydrogen-bond acceptors (Lipinski definition) is 2. The van der Waals surface area contributed by atoms with Crippen molar-refractivity contribution in [3.05, 3.63) is 11.8 Å². The Morgan fingerprint density at radius 1 is 1.73 bits per heavy atom. The van der Waals surface area contributed by atoms with E-state index in [0.29, 0.717) is 11.7 Å². The monoisotopic (exact) mass is 237 g/mol. The SMILES string of the molecule is Nc1cc(CCl)n(CCBr)n1. The zero-order valence-electron chi connectivity index (χ0n) is 5.93. The van der Waals surface area contributed by atoms with Gasteiger partial charge in [0.1, 0.15) is 5.82 Å². The van der Waals surface area contributed by atoms with Crippen LogP contribution >= 0.6 is 27.5 Å². The van der Waals surface area contributed by atoms with E-state index in [4.69, 9.17) is 17.3 Å². The second-order valence-corrected chi connectivity index (χ2v) is 3.17. The van der Waals surface area contributed by atoms with Crippen LogP contribution in [0.2, 0.25) is 0 Å². The van der Waals surface area contributed by atoms with Gasteiger partial charge in [-0.25, -0.2) is 0 Å². The number of nitrogen functional groups attached to an aromatic ring is 1. The lowest BCUT2D eigenvalue weighted by Crippen LogP contribution is -2.04. The third-order valence-corrected chi connectivity index (χ3v) is 1.94. The quantitative estimate of drug-likeness (QED) is 0.813. The highest BCUT2D eigenvalue weighted by atomic mass is 79.9. The van der Waals surface area contributed by atoms with Crippen LogP contribution in [0.3, 0.4) is 0 Å². The molecule has 0 radical (unpaired) electrons. The number of anilines is 1. The summed E-state index contributed by atoms with van der Waals surface area (Å²) in [5, 5.41) is 4.91. The van der Waals surface area contributed by atoms with Crippen molar-refractivity contribution in [1.29, 1.82) is 0 Å². The Kier molecular flexibility index (Phi) is 3.20. The molecular formula is C6H9BrClN3. The van der Waals surface area contributed by atoms with Crippen LogP contribution in [-0.4, -0.2) is 15.1 Å². The zero-order chi connectivity index (χ0) is 8.27. The Morgan fingerprint density at radius 2 is 2.45 bits per heavy atom. The highest BCUT2D eigenvalue weighted by molar-refractivity contribution is 9.09. The minimum Gasteiger partial charge on any atom is -0.382 e. The van der Waals surface area contributed by atoms with Gasteiger partial charge in [-0.1, -0.05) is 15.9 Å². The van der Waals surface area contributed by atoms with E-state index < -0.39 is 0 Å². The van der Waals surface area contributed by atoms with Gasteiger partial charge >= 0.3 is 0 Å². The summed E-state index contributed by atoms with van der Waals surface area (Å²) in [5.74, 6) is 0.985. The molecule has 1 aromatic heterocycles. The Morgan fingerprint density at radius 3 is 3.00 bits per heavy atom. The summed E-state index contributed by atoms with van der Waals surface area (Å²) in [6.45, 7) is 0.805. The molecule has 0 aliphatic rings. The molecule has 0 saturated heterocycles. The Bertz CT molecular complexity index is 236. The van der Waals surface area contributed by atoms with Crippen LogP contribution < -0.4 is 5.73 Å². The van der Waals surface area contributed by atoms with Gasteiger partial charge in [0, 0.05) is 11.4 Å². The van der Waals surface area contributed by atoms with Crippen LogP contribution in [0.1, 0.15) is 5.69 Å². The van der Waals surface area contributed by atoms with E-state index >= 15 is 0 Å². The maximum atomic E-state index is 5.65. The number of rotatable bonds is 3. The maximum absolute atomic E-state index is 5.65. The molecular weight excluding hydrogens is 229 g/mol. The number of nitrogens with zero attached hydrogens (tertiary/aromatic N) is 2. The molecule has 1 heterocycles. The van der Waals surface area contributed by atoms with Crippen molar-refractivity contribution in [3.63, 3.8) is 0 Å². The summed E-state index contributed by atoms with van der Waals surface area (Å²) in [6.07, 6.45) is 0. The predicted molar refractivity (Wildman–Crippen MR) is 50.0 cm³/mol. The van der Waals surface area contributed by atoms with E-state index in [1.807, 2.05) is 0 Å². The molecule has 1 aromatic rings. The van der Waals surface area contributed by atoms with E-state index in [1.54, 1.807) is 10.7 Å². The van der Waals surface area contributed by atoms with Crippen molar-refractivity contribution in [2.75, 3.05) is 11.1 Å². The molecule has 5 heteroatoms. The summed E-state index contributed by atoms with van der Waals surface area (Å²) in [6, 6.07) is 1.79. The van der Waals surface area contributed by atoms with Gasteiger partial charge in [-0.05, 0) is 0 Å². The maximum Gasteiger partial charge on any atom is 0.145 e. The number of nitrogens with two attached hydrogens (primary N) is 1. The lowest BCUT2D eigenvalue weighted by Gasteiger charge is -1.99. The highest BCUT2D eigenvalue weighted by Gasteiger charge is 2.02. The first-order valence-electron chi connectivity index (χ1n) is 3.22. The normalized spacial score (nSPS) is 10.4. The molecule has 0 atom stereocenters. The number of alkyl halides is 2. The first kappa shape index (κ1) is 8.87. The average molecular weight is 239 g/mol. The van der Waals surface area contributed by atoms with Gasteiger partial charge in [-0.2, -0.15) is 5.10 Å². The topological polar surface area (TPSA) is 43.8 Å². The van der Waals surface area contributed by atoms with Crippen molar-refractivity contribution in [3.8, 4) is 0 Å². The van der Waals surface area contributed by atoms with E-state index in [-0.39, 0.29) is 0 Å². The van der Waals surface area contributed by atoms with Crippen LogP contribution in [-0.2, 0) is 12.4 Å². The smallest absolute Gasteiger partial charge is 0.145 e. The molecule has 0 aromatic carbocycles. The lowest BCUT2D eigenvalue weighted by atomic mass is 10.4. The van der Waals surface area contributed by atoms with E-state index in [1.165, 1.54) is 0 Å². The molecule has 0 aliphatic heterocycles. The van der Waals surface area contributed by atoms with Crippen LogP contribution in [0, 0.1) is 0 Å². The van der Waals surface area contributed by atoms with Crippen molar-refractivity contribution >= 4 is 33.3 Å². The largest absolute Gasteiger partial charge is 0.382 e. The Balaban J connectivity index is 2.83. The van der Waals surface area contributed by atoms with Crippen molar-refractivity contribution in [2.45, 2.75) is 12.4 Å². The van der Waals surface area contributed by atoms with Crippen LogP contribution in [0.5, 0.6) is 0 Å². The predicted octanol–water partition coefficient (Wildman–Crippen LogP) is 1.60. The molecule has 1 rings (SSSR count). The van der Waals surface area contributed by atoms with Gasteiger partial charge in [0.25, 0.3) is 0 Å². The molecule has 62 valence electrons. The van der Waals surface area contributed by atoms with E-state index in [9.17, 15) is 0 Å². The molecule has 0 unspecified atom stereocenters. The number of aryl methyl sites for hydroxylation is 1. The van der Waals surface area contributed by atoms with Crippen LogP contribution in [0.15, 0.2) is 6.07 Å². The van der Waals surface area contributed by atoms with Crippen LogP contribution in [0.25, 0.3) is 0 Å². The van der Waals surface area contributed by atoms with Crippen molar-refractivity contribution < 1.29 is 0 Å². The molecule has 2 N–H and O–H groups in total. The third kappa shape index (κ3) is 2.10. The highest BCUT2D eigenvalue weighted by Crippen LogP contribution is 2.08. The van der Waals surface area contributed by atoms with Gasteiger partial charge in [-0.15, -0.1) is 11.6 Å². The van der Waals surface area contributed by atoms with Crippen molar-refractivity contribution in [2.24, 2.45) is 0 Å². The molecule has 0 saturated carbocycles. The molecule has 0 spiro atoms. The number of hydrogen-bond donors (Lipinski definition) is 1. The molecule has 0 amide bonds. The third-order valence-electron chi connectivity index (χ3n) is 1.32. The van der Waals surface area contributed by atoms with Gasteiger partial charge in [0.15, 0.2) is 0 Å². The lowest BCUT2D eigenvalue weighted by molar-refractivity contribution is 0.647. The summed E-state index contributed by atoms with van der Waals surface area (Å²) < 4.78 is 1.80. The summed E-state index contributed by atoms with van der Waals surface area (Å²) in [4.78, 5) is 0. The molecule has 3 nitrogen and oxygen atoms in total. The summed E-state index contributed by atoms with van der Waals surface area (Å²) >= 11 is 8.96. The Hall–Kier alpha value is -0.220. The van der Waals surface area contributed by atoms with E-state index in [0.717, 1.165) is 17.6 Å². The fraction of sp³-hybridized carbons (Fsp3) is 0.500. The minimum absolute atomic E-state index is 0.456. The first-order chi connectivity index (χ1) is 5.27. The van der Waals surface area contributed by atoms with Gasteiger partial charge < -0.3 is 5.73 Å².